The number of nitro benzene ring substituents is 1. The number of rotatable bonds is 6. The second kappa shape index (κ2) is 7.30. The Morgan fingerprint density at radius 2 is 1.96 bits per heavy atom. The number of fused-ring (bicyclic) bond motifs is 1. The molecule has 0 atom stereocenters. The predicted octanol–water partition coefficient (Wildman–Crippen LogP) is 1.89. The van der Waals surface area contributed by atoms with Crippen LogP contribution in [0.2, 0.25) is 0 Å². The largest absolute Gasteiger partial charge is 0.454 e. The van der Waals surface area contributed by atoms with Gasteiger partial charge in [-0.1, -0.05) is 0 Å². The van der Waals surface area contributed by atoms with E-state index in [0.29, 0.717) is 17.1 Å². The lowest BCUT2D eigenvalue weighted by molar-refractivity contribution is -0.384. The van der Waals surface area contributed by atoms with E-state index in [1.165, 1.54) is 18.3 Å². The number of hydrogen-bond donors (Lipinski definition) is 2. The van der Waals surface area contributed by atoms with Crippen molar-refractivity contribution >= 4 is 23.5 Å². The normalized spacial score (nSPS) is 12.2. The fourth-order valence-corrected chi connectivity index (χ4v) is 2.09. The number of ether oxygens (including phenoxy) is 2. The minimum atomic E-state index is -0.482. The predicted molar refractivity (Wildman–Crippen MR) is 89.9 cm³/mol. The number of non-ortho nitro benzene ring substituents is 1. The summed E-state index contributed by atoms with van der Waals surface area (Å²) in [5, 5.41) is 17.3. The lowest BCUT2D eigenvalue weighted by Crippen LogP contribution is -2.25. The van der Waals surface area contributed by atoms with Crippen LogP contribution in [0.1, 0.15) is 5.56 Å². The van der Waals surface area contributed by atoms with Gasteiger partial charge in [0.15, 0.2) is 11.5 Å². The summed E-state index contributed by atoms with van der Waals surface area (Å²) in [6, 6.07) is 11.1. The molecular formula is C16H14N4O5. The highest BCUT2D eigenvalue weighted by molar-refractivity contribution is 5.84. The van der Waals surface area contributed by atoms with Crippen LogP contribution in [0.4, 0.5) is 11.4 Å². The van der Waals surface area contributed by atoms with Crippen LogP contribution in [-0.2, 0) is 4.79 Å². The van der Waals surface area contributed by atoms with Gasteiger partial charge in [0.2, 0.25) is 6.79 Å². The third-order valence-corrected chi connectivity index (χ3v) is 3.33. The van der Waals surface area contributed by atoms with E-state index in [1.807, 2.05) is 0 Å². The van der Waals surface area contributed by atoms with Crippen molar-refractivity contribution in [2.45, 2.75) is 0 Å². The summed E-state index contributed by atoms with van der Waals surface area (Å²) in [7, 11) is 0. The molecule has 9 heteroatoms. The van der Waals surface area contributed by atoms with Crippen molar-refractivity contribution in [2.75, 3.05) is 18.7 Å². The fraction of sp³-hybridized carbons (Fsp3) is 0.125. The lowest BCUT2D eigenvalue weighted by Gasteiger charge is -2.06. The summed E-state index contributed by atoms with van der Waals surface area (Å²) in [4.78, 5) is 21.8. The average molecular weight is 342 g/mol. The van der Waals surface area contributed by atoms with Crippen molar-refractivity contribution in [3.8, 4) is 11.5 Å². The van der Waals surface area contributed by atoms with Crippen molar-refractivity contribution in [1.29, 1.82) is 0 Å². The summed E-state index contributed by atoms with van der Waals surface area (Å²) in [6.07, 6.45) is 1.40. The average Bonchev–Trinajstić information content (AvgIpc) is 3.08. The molecule has 0 fully saturated rings. The van der Waals surface area contributed by atoms with E-state index in [4.69, 9.17) is 9.47 Å². The molecule has 0 radical (unpaired) electrons. The summed E-state index contributed by atoms with van der Waals surface area (Å²) < 4.78 is 10.5. The molecule has 1 heterocycles. The number of hydrogen-bond acceptors (Lipinski definition) is 7. The van der Waals surface area contributed by atoms with E-state index in [9.17, 15) is 14.9 Å². The first kappa shape index (κ1) is 16.2. The quantitative estimate of drug-likeness (QED) is 0.470. The van der Waals surface area contributed by atoms with Gasteiger partial charge < -0.3 is 14.8 Å². The molecule has 0 aromatic heterocycles. The molecule has 2 aromatic rings. The highest BCUT2D eigenvalue weighted by Gasteiger charge is 2.13. The van der Waals surface area contributed by atoms with Gasteiger partial charge in [-0.3, -0.25) is 14.9 Å². The zero-order valence-electron chi connectivity index (χ0n) is 13.0. The molecule has 0 unspecified atom stereocenters. The molecule has 2 N–H and O–H groups in total. The van der Waals surface area contributed by atoms with E-state index in [-0.39, 0.29) is 24.9 Å². The smallest absolute Gasteiger partial charge is 0.269 e. The maximum absolute atomic E-state index is 11.8. The van der Waals surface area contributed by atoms with Gasteiger partial charge in [-0.05, 0) is 29.8 Å². The van der Waals surface area contributed by atoms with Gasteiger partial charge in [-0.2, -0.15) is 5.10 Å². The van der Waals surface area contributed by atoms with Gasteiger partial charge in [-0.25, -0.2) is 5.43 Å². The molecule has 0 spiro atoms. The number of amides is 1. The minimum Gasteiger partial charge on any atom is -0.454 e. The molecule has 9 nitrogen and oxygen atoms in total. The van der Waals surface area contributed by atoms with Gasteiger partial charge in [-0.15, -0.1) is 0 Å². The monoisotopic (exact) mass is 342 g/mol. The van der Waals surface area contributed by atoms with Gasteiger partial charge in [0.05, 0.1) is 17.7 Å². The number of hydrazone groups is 1. The topological polar surface area (TPSA) is 115 Å². The van der Waals surface area contributed by atoms with Crippen LogP contribution in [-0.4, -0.2) is 30.4 Å². The van der Waals surface area contributed by atoms with Crippen molar-refractivity contribution in [2.24, 2.45) is 5.10 Å². The Balaban J connectivity index is 1.47. The molecule has 0 saturated carbocycles. The van der Waals surface area contributed by atoms with E-state index in [0.717, 1.165) is 5.69 Å². The highest BCUT2D eigenvalue weighted by Crippen LogP contribution is 2.34. The number of nitrogens with one attached hydrogen (secondary N) is 2. The van der Waals surface area contributed by atoms with Crippen LogP contribution in [0, 0.1) is 10.1 Å². The third kappa shape index (κ3) is 4.22. The first-order valence-electron chi connectivity index (χ1n) is 7.32. The van der Waals surface area contributed by atoms with Crippen LogP contribution in [0.25, 0.3) is 0 Å². The molecule has 1 amide bonds. The number of carbonyl (C=O) groups excluding carboxylic acids is 1. The van der Waals surface area contributed by atoms with E-state index < -0.39 is 4.92 Å². The maximum atomic E-state index is 11.8. The van der Waals surface area contributed by atoms with E-state index in [2.05, 4.69) is 15.8 Å². The first-order chi connectivity index (χ1) is 12.1. The summed E-state index contributed by atoms with van der Waals surface area (Å²) in [5.74, 6) is 0.958. The highest BCUT2D eigenvalue weighted by atomic mass is 16.7. The minimum absolute atomic E-state index is 0.00545. The Morgan fingerprint density at radius 1 is 1.20 bits per heavy atom. The summed E-state index contributed by atoms with van der Waals surface area (Å²) >= 11 is 0. The van der Waals surface area contributed by atoms with Crippen molar-refractivity contribution < 1.29 is 19.2 Å². The third-order valence-electron chi connectivity index (χ3n) is 3.33. The summed E-state index contributed by atoms with van der Waals surface area (Å²) in [6.45, 7) is 0.216. The Hall–Kier alpha value is -3.62. The second-order valence-corrected chi connectivity index (χ2v) is 5.06. The molecular weight excluding hydrogens is 328 g/mol. The molecule has 1 aliphatic heterocycles. The molecule has 0 bridgehead atoms. The number of nitro groups is 1. The molecule has 128 valence electrons. The van der Waals surface area contributed by atoms with Crippen molar-refractivity contribution in [3.05, 3.63) is 58.1 Å². The first-order valence-corrected chi connectivity index (χ1v) is 7.32. The Bertz CT molecular complexity index is 820. The molecule has 2 aromatic carbocycles. The van der Waals surface area contributed by atoms with Crippen LogP contribution >= 0.6 is 0 Å². The summed E-state index contributed by atoms with van der Waals surface area (Å²) in [5.41, 5.74) is 3.72. The molecule has 3 rings (SSSR count). The van der Waals surface area contributed by atoms with Gasteiger partial charge >= 0.3 is 0 Å². The van der Waals surface area contributed by atoms with Crippen LogP contribution < -0.4 is 20.2 Å². The number of carbonyl (C=O) groups is 1. The van der Waals surface area contributed by atoms with E-state index in [1.54, 1.807) is 30.3 Å². The zero-order chi connectivity index (χ0) is 17.6. The molecule has 0 saturated heterocycles. The van der Waals surface area contributed by atoms with Crippen molar-refractivity contribution in [1.82, 2.24) is 5.43 Å². The lowest BCUT2D eigenvalue weighted by atomic mass is 10.2. The Kier molecular flexibility index (Phi) is 4.74. The molecule has 25 heavy (non-hydrogen) atoms. The Labute approximate surface area is 142 Å². The Morgan fingerprint density at radius 3 is 2.72 bits per heavy atom. The number of benzene rings is 2. The van der Waals surface area contributed by atoms with Gasteiger partial charge in [0, 0.05) is 23.9 Å². The SMILES string of the molecule is O=C(CNc1ccc2c(c1)OCO2)N/N=C\c1ccc([N+](=O)[O-])cc1. The maximum Gasteiger partial charge on any atom is 0.269 e. The second-order valence-electron chi connectivity index (χ2n) is 5.06. The van der Waals surface area contributed by atoms with Crippen molar-refractivity contribution in [3.63, 3.8) is 0 Å². The van der Waals surface area contributed by atoms with Gasteiger partial charge in [0.25, 0.3) is 11.6 Å². The van der Waals surface area contributed by atoms with Gasteiger partial charge in [0.1, 0.15) is 0 Å². The van der Waals surface area contributed by atoms with Crippen LogP contribution in [0.3, 0.4) is 0 Å². The van der Waals surface area contributed by atoms with E-state index >= 15 is 0 Å². The molecule has 0 aliphatic carbocycles. The zero-order valence-corrected chi connectivity index (χ0v) is 13.0. The fourth-order valence-electron chi connectivity index (χ4n) is 2.09. The molecule has 1 aliphatic rings. The standard InChI is InChI=1S/C16H14N4O5/c21-16(9-17-12-3-6-14-15(7-12)25-10-24-14)19-18-8-11-1-4-13(5-2-11)20(22)23/h1-8,17H,9-10H2,(H,19,21)/b18-8-. The number of nitrogens with zero attached hydrogens (tertiary/aromatic N) is 2. The van der Waals surface area contributed by atoms with Crippen LogP contribution in [0.5, 0.6) is 11.5 Å². The number of anilines is 1. The van der Waals surface area contributed by atoms with Crippen LogP contribution in [0.15, 0.2) is 47.6 Å².